The van der Waals surface area contributed by atoms with Crippen molar-refractivity contribution in [2.24, 2.45) is 18.7 Å². The monoisotopic (exact) mass is 387 g/mol. The average Bonchev–Trinajstić information content (AvgIpc) is 2.79. The van der Waals surface area contributed by atoms with Crippen LogP contribution in [0.4, 0.5) is 0 Å². The smallest absolute Gasteiger partial charge is 0.256 e. The van der Waals surface area contributed by atoms with E-state index >= 15 is 0 Å². The molecule has 3 rings (SSSR count). The Morgan fingerprint density at radius 3 is 2.64 bits per heavy atom. The molecule has 1 aliphatic rings. The van der Waals surface area contributed by atoms with Crippen molar-refractivity contribution in [3.63, 3.8) is 0 Å². The van der Waals surface area contributed by atoms with Crippen LogP contribution in [0.5, 0.6) is 0 Å². The lowest BCUT2D eigenvalue weighted by Crippen LogP contribution is -2.49. The number of nitrogens with zero attached hydrogens (tertiary/aromatic N) is 4. The third kappa shape index (κ3) is 3.91. The molecule has 6 nitrogen and oxygen atoms in total. The van der Waals surface area contributed by atoms with Crippen molar-refractivity contribution in [3.05, 3.63) is 23.0 Å². The third-order valence-corrected chi connectivity index (χ3v) is 4.93. The molecule has 3 heterocycles. The van der Waals surface area contributed by atoms with Crippen molar-refractivity contribution in [2.45, 2.75) is 39.7 Å². The number of nitrogens with two attached hydrogens (primary N) is 1. The van der Waals surface area contributed by atoms with Gasteiger partial charge in [0.05, 0.1) is 17.0 Å². The summed E-state index contributed by atoms with van der Waals surface area (Å²) in [6.07, 6.45) is 2.01. The first-order valence-corrected chi connectivity index (χ1v) is 8.24. The van der Waals surface area contributed by atoms with Gasteiger partial charge in [-0.1, -0.05) is 6.92 Å². The molecule has 0 bridgehead atoms. The van der Waals surface area contributed by atoms with Crippen LogP contribution in [0.15, 0.2) is 6.07 Å². The molecule has 8 heteroatoms. The van der Waals surface area contributed by atoms with Crippen LogP contribution < -0.4 is 5.73 Å². The molecule has 2 aromatic rings. The van der Waals surface area contributed by atoms with E-state index in [4.69, 9.17) is 5.73 Å². The topological polar surface area (TPSA) is 77.0 Å². The Bertz CT molecular complexity index is 761. The van der Waals surface area contributed by atoms with Crippen LogP contribution >= 0.6 is 24.8 Å². The minimum absolute atomic E-state index is 0. The zero-order valence-corrected chi connectivity index (χ0v) is 16.8. The second-order valence-electron chi connectivity index (χ2n) is 6.72. The maximum absolute atomic E-state index is 13.1. The van der Waals surface area contributed by atoms with E-state index in [0.717, 1.165) is 41.8 Å². The highest BCUT2D eigenvalue weighted by Crippen LogP contribution is 2.26. The Kier molecular flexibility index (Phi) is 7.23. The molecule has 2 N–H and O–H groups in total. The van der Waals surface area contributed by atoms with E-state index in [9.17, 15) is 4.79 Å². The van der Waals surface area contributed by atoms with Gasteiger partial charge in [0.2, 0.25) is 0 Å². The largest absolute Gasteiger partial charge is 0.334 e. The lowest BCUT2D eigenvalue weighted by atomic mass is 9.91. The molecule has 2 unspecified atom stereocenters. The van der Waals surface area contributed by atoms with Gasteiger partial charge in [0.15, 0.2) is 5.65 Å². The van der Waals surface area contributed by atoms with Crippen molar-refractivity contribution in [1.29, 1.82) is 0 Å². The van der Waals surface area contributed by atoms with Gasteiger partial charge in [-0.05, 0) is 38.7 Å². The fraction of sp³-hybridized carbons (Fsp3) is 0.588. The van der Waals surface area contributed by atoms with Gasteiger partial charge in [0, 0.05) is 31.6 Å². The molecule has 0 aromatic carbocycles. The summed E-state index contributed by atoms with van der Waals surface area (Å²) in [7, 11) is 1.87. The van der Waals surface area contributed by atoms with Crippen molar-refractivity contribution >= 4 is 41.8 Å². The molecular weight excluding hydrogens is 361 g/mol. The number of carbonyl (C=O) groups is 1. The first kappa shape index (κ1) is 21.7. The quantitative estimate of drug-likeness (QED) is 0.858. The number of halogens is 2. The third-order valence-electron chi connectivity index (χ3n) is 4.93. The summed E-state index contributed by atoms with van der Waals surface area (Å²) in [6, 6.07) is 2.06. The number of pyridine rings is 1. The minimum Gasteiger partial charge on any atom is -0.334 e. The van der Waals surface area contributed by atoms with Crippen molar-refractivity contribution < 1.29 is 4.79 Å². The maximum atomic E-state index is 13.1. The standard InChI is InChI=1S/C17H25N5O.2ClH/c1-10-5-6-22(13(7-10)9-18)17(23)15-8-14-12(3)20-21(4)16(14)19-11(15)2;;/h8,10,13H,5-7,9,18H2,1-4H3;2*1H. The van der Waals surface area contributed by atoms with Crippen molar-refractivity contribution in [3.8, 4) is 0 Å². The van der Waals surface area contributed by atoms with E-state index in [1.807, 2.05) is 31.9 Å². The second kappa shape index (κ2) is 8.34. The van der Waals surface area contributed by atoms with Gasteiger partial charge >= 0.3 is 0 Å². The number of hydrogen-bond acceptors (Lipinski definition) is 4. The fourth-order valence-corrected chi connectivity index (χ4v) is 3.55. The number of piperidine rings is 1. The molecule has 0 aliphatic carbocycles. The SMILES string of the molecule is Cc1nc2c(cc1C(=O)N1CCC(C)CC1CN)c(C)nn2C.Cl.Cl. The van der Waals surface area contributed by atoms with Crippen LogP contribution in [0.3, 0.4) is 0 Å². The second-order valence-corrected chi connectivity index (χ2v) is 6.72. The minimum atomic E-state index is 0. The summed E-state index contributed by atoms with van der Waals surface area (Å²) in [4.78, 5) is 19.6. The van der Waals surface area contributed by atoms with Crippen LogP contribution in [0.1, 0.15) is 41.5 Å². The molecule has 1 aliphatic heterocycles. The summed E-state index contributed by atoms with van der Waals surface area (Å²) in [5, 5.41) is 5.34. The molecule has 1 saturated heterocycles. The zero-order valence-electron chi connectivity index (χ0n) is 15.2. The number of hydrogen-bond donors (Lipinski definition) is 1. The zero-order chi connectivity index (χ0) is 16.7. The normalized spacial score (nSPS) is 20.1. The molecule has 140 valence electrons. The Morgan fingerprint density at radius 2 is 2.00 bits per heavy atom. The molecular formula is C17H27Cl2N5O. The molecule has 2 atom stereocenters. The molecule has 0 saturated carbocycles. The number of rotatable bonds is 2. The number of likely N-dealkylation sites (tertiary alicyclic amines) is 1. The molecule has 0 spiro atoms. The molecule has 0 radical (unpaired) electrons. The Hall–Kier alpha value is -1.37. The van der Waals surface area contributed by atoms with E-state index in [0.29, 0.717) is 18.0 Å². The summed E-state index contributed by atoms with van der Waals surface area (Å²) in [6.45, 7) is 7.34. The Morgan fingerprint density at radius 1 is 1.32 bits per heavy atom. The van der Waals surface area contributed by atoms with Gasteiger partial charge in [-0.2, -0.15) is 5.10 Å². The average molecular weight is 388 g/mol. The highest BCUT2D eigenvalue weighted by atomic mass is 35.5. The lowest BCUT2D eigenvalue weighted by Gasteiger charge is -2.38. The maximum Gasteiger partial charge on any atom is 0.256 e. The number of aryl methyl sites for hydroxylation is 3. The summed E-state index contributed by atoms with van der Waals surface area (Å²) >= 11 is 0. The van der Waals surface area contributed by atoms with E-state index < -0.39 is 0 Å². The highest BCUT2D eigenvalue weighted by molar-refractivity contribution is 5.99. The van der Waals surface area contributed by atoms with Crippen LogP contribution in [0.25, 0.3) is 11.0 Å². The van der Waals surface area contributed by atoms with Gasteiger partial charge in [0.1, 0.15) is 0 Å². The van der Waals surface area contributed by atoms with Gasteiger partial charge in [0.25, 0.3) is 5.91 Å². The van der Waals surface area contributed by atoms with Gasteiger partial charge in [-0.25, -0.2) is 4.98 Å². The van der Waals surface area contributed by atoms with E-state index in [1.165, 1.54) is 0 Å². The Balaban J connectivity index is 0.00000156. The summed E-state index contributed by atoms with van der Waals surface area (Å²) in [5.74, 6) is 0.664. The molecule has 2 aromatic heterocycles. The number of carbonyl (C=O) groups excluding carboxylic acids is 1. The number of amides is 1. The van der Waals surface area contributed by atoms with Crippen LogP contribution in [0.2, 0.25) is 0 Å². The van der Waals surface area contributed by atoms with Crippen LogP contribution in [0, 0.1) is 19.8 Å². The predicted octanol–water partition coefficient (Wildman–Crippen LogP) is 2.63. The summed E-state index contributed by atoms with van der Waals surface area (Å²) in [5.41, 5.74) is 9.04. The van der Waals surface area contributed by atoms with Crippen LogP contribution in [-0.4, -0.2) is 44.7 Å². The van der Waals surface area contributed by atoms with Crippen LogP contribution in [-0.2, 0) is 7.05 Å². The molecule has 25 heavy (non-hydrogen) atoms. The first-order valence-electron chi connectivity index (χ1n) is 8.24. The summed E-state index contributed by atoms with van der Waals surface area (Å²) < 4.78 is 1.76. The van der Waals surface area contributed by atoms with Gasteiger partial charge in [-0.3, -0.25) is 9.48 Å². The van der Waals surface area contributed by atoms with E-state index in [1.54, 1.807) is 4.68 Å². The Labute approximate surface area is 161 Å². The molecule has 1 amide bonds. The van der Waals surface area contributed by atoms with Gasteiger partial charge < -0.3 is 10.6 Å². The van der Waals surface area contributed by atoms with Gasteiger partial charge in [-0.15, -0.1) is 24.8 Å². The first-order chi connectivity index (χ1) is 10.9. The van der Waals surface area contributed by atoms with Crippen molar-refractivity contribution in [2.75, 3.05) is 13.1 Å². The number of aromatic nitrogens is 3. The predicted molar refractivity (Wildman–Crippen MR) is 105 cm³/mol. The molecule has 1 fully saturated rings. The van der Waals surface area contributed by atoms with E-state index in [-0.39, 0.29) is 36.8 Å². The van der Waals surface area contributed by atoms with E-state index in [2.05, 4.69) is 17.0 Å². The number of fused-ring (bicyclic) bond motifs is 1. The van der Waals surface area contributed by atoms with Crippen molar-refractivity contribution in [1.82, 2.24) is 19.7 Å². The highest BCUT2D eigenvalue weighted by Gasteiger charge is 2.30. The fourth-order valence-electron chi connectivity index (χ4n) is 3.55. The lowest BCUT2D eigenvalue weighted by molar-refractivity contribution is 0.0572.